The Labute approximate surface area is 210 Å². The molecule has 3 N–H and O–H groups in total. The van der Waals surface area contributed by atoms with E-state index in [1.54, 1.807) is 26.8 Å². The molecule has 0 aromatic heterocycles. The van der Waals surface area contributed by atoms with Gasteiger partial charge in [-0.3, -0.25) is 9.59 Å². The number of nitrogens with zero attached hydrogens (tertiary/aromatic N) is 2. The largest absolute Gasteiger partial charge is 0.508 e. The number of phenolic OH excluding ortho intramolecular Hbond substituents is 1. The van der Waals surface area contributed by atoms with Crippen LogP contribution < -0.4 is 10.6 Å². The number of ether oxygens (including phenoxy) is 1. The first-order valence-electron chi connectivity index (χ1n) is 10.9. The van der Waals surface area contributed by atoms with Crippen molar-refractivity contribution in [2.75, 3.05) is 12.3 Å². The Hall–Kier alpha value is -3.71. The van der Waals surface area contributed by atoms with E-state index in [0.29, 0.717) is 5.56 Å². The van der Waals surface area contributed by atoms with Gasteiger partial charge in [-0.1, -0.05) is 42.5 Å². The molecule has 186 valence electrons. The summed E-state index contributed by atoms with van der Waals surface area (Å²) in [5.74, 6) is -1.46. The maximum Gasteiger partial charge on any atom is 0.408 e. The number of thiol groups is 1. The zero-order valence-electron chi connectivity index (χ0n) is 19.9. The molecule has 0 bridgehead atoms. The van der Waals surface area contributed by atoms with Crippen LogP contribution in [0.15, 0.2) is 54.6 Å². The van der Waals surface area contributed by atoms with Gasteiger partial charge in [0.1, 0.15) is 30.0 Å². The minimum Gasteiger partial charge on any atom is -0.508 e. The molecule has 0 aliphatic heterocycles. The van der Waals surface area contributed by atoms with Gasteiger partial charge in [-0.15, -0.1) is 0 Å². The third-order valence-corrected chi connectivity index (χ3v) is 5.12. The van der Waals surface area contributed by atoms with Gasteiger partial charge in [-0.25, -0.2) is 4.79 Å². The van der Waals surface area contributed by atoms with Gasteiger partial charge in [0, 0.05) is 12.3 Å². The number of alkyl carbamates (subject to hydrolysis) is 1. The molecule has 2 aromatic carbocycles. The normalized spacial score (nSPS) is 12.5. The second-order valence-electron chi connectivity index (χ2n) is 8.71. The van der Waals surface area contributed by atoms with Crippen molar-refractivity contribution in [1.29, 1.82) is 5.26 Å². The van der Waals surface area contributed by atoms with E-state index in [1.165, 1.54) is 18.2 Å². The van der Waals surface area contributed by atoms with Crippen molar-refractivity contribution in [3.8, 4) is 11.8 Å². The van der Waals surface area contributed by atoms with E-state index in [1.807, 2.05) is 36.4 Å². The van der Waals surface area contributed by atoms with E-state index in [-0.39, 0.29) is 18.0 Å². The average molecular weight is 499 g/mol. The van der Waals surface area contributed by atoms with Crippen molar-refractivity contribution < 1.29 is 24.2 Å². The lowest BCUT2D eigenvalue weighted by Crippen LogP contribution is -2.53. The highest BCUT2D eigenvalue weighted by Gasteiger charge is 2.36. The minimum absolute atomic E-state index is 0.0988. The molecule has 35 heavy (non-hydrogen) atoms. The fraction of sp³-hybridized carbons (Fsp3) is 0.360. The molecule has 3 amide bonds. The number of hydrogen-bond donors (Lipinski definition) is 4. The number of nitrogens with one attached hydrogen (secondary N) is 2. The molecule has 10 heteroatoms. The third kappa shape index (κ3) is 8.54. The molecule has 0 saturated heterocycles. The summed E-state index contributed by atoms with van der Waals surface area (Å²) < 4.78 is 5.22. The van der Waals surface area contributed by atoms with Crippen LogP contribution in [0.3, 0.4) is 0 Å². The SMILES string of the molecule is CC(C)(C)OC(=O)NC(CS)C(=O)N(CC#N)C(C(=O)NCc1ccccc1)c1cccc(O)c1. The lowest BCUT2D eigenvalue weighted by Gasteiger charge is -2.32. The number of rotatable bonds is 9. The molecule has 2 aromatic rings. The standard InChI is InChI=1S/C25H30N4O5S/c1-25(2,3)34-24(33)28-20(16-35)23(32)29(13-12-26)21(18-10-7-11-19(30)14-18)22(31)27-15-17-8-5-4-6-9-17/h4-11,14,20-21,30,35H,13,15-16H2,1-3H3,(H,27,31)(H,28,33). The van der Waals surface area contributed by atoms with Crippen molar-refractivity contribution in [2.45, 2.75) is 45.0 Å². The average Bonchev–Trinajstić information content (AvgIpc) is 2.80. The number of nitriles is 1. The molecule has 0 spiro atoms. The van der Waals surface area contributed by atoms with E-state index in [9.17, 15) is 24.8 Å². The number of benzene rings is 2. The van der Waals surface area contributed by atoms with E-state index < -0.39 is 42.1 Å². The number of carbonyl (C=O) groups is 3. The van der Waals surface area contributed by atoms with E-state index in [0.717, 1.165) is 10.5 Å². The van der Waals surface area contributed by atoms with E-state index >= 15 is 0 Å². The highest BCUT2D eigenvalue weighted by molar-refractivity contribution is 7.80. The van der Waals surface area contributed by atoms with Crippen LogP contribution in [0.4, 0.5) is 4.79 Å². The Morgan fingerprint density at radius 3 is 2.40 bits per heavy atom. The number of amides is 3. The van der Waals surface area contributed by atoms with Crippen molar-refractivity contribution in [1.82, 2.24) is 15.5 Å². The van der Waals surface area contributed by atoms with Crippen LogP contribution in [0.5, 0.6) is 5.75 Å². The maximum atomic E-state index is 13.5. The first-order chi connectivity index (χ1) is 16.6. The first-order valence-corrected chi connectivity index (χ1v) is 11.6. The van der Waals surface area contributed by atoms with Gasteiger partial charge in [0.25, 0.3) is 0 Å². The Kier molecular flexibility index (Phi) is 9.97. The molecule has 2 atom stereocenters. The fourth-order valence-electron chi connectivity index (χ4n) is 3.26. The summed E-state index contributed by atoms with van der Waals surface area (Å²) >= 11 is 4.18. The summed E-state index contributed by atoms with van der Waals surface area (Å²) in [4.78, 5) is 40.1. The number of hydrogen-bond acceptors (Lipinski definition) is 7. The van der Waals surface area contributed by atoms with Gasteiger partial charge < -0.3 is 25.4 Å². The Balaban J connectivity index is 2.36. The first kappa shape index (κ1) is 27.5. The monoisotopic (exact) mass is 498 g/mol. The van der Waals surface area contributed by atoms with Crippen LogP contribution in [0.2, 0.25) is 0 Å². The molecule has 2 unspecified atom stereocenters. The fourth-order valence-corrected chi connectivity index (χ4v) is 3.51. The molecule has 0 aliphatic rings. The van der Waals surface area contributed by atoms with Crippen LogP contribution >= 0.6 is 12.6 Å². The molecule has 9 nitrogen and oxygen atoms in total. The lowest BCUT2D eigenvalue weighted by atomic mass is 10.0. The van der Waals surface area contributed by atoms with Gasteiger partial charge in [0.2, 0.25) is 11.8 Å². The van der Waals surface area contributed by atoms with Crippen LogP contribution in [0.25, 0.3) is 0 Å². The van der Waals surface area contributed by atoms with Crippen LogP contribution in [-0.4, -0.2) is 51.9 Å². The summed E-state index contributed by atoms with van der Waals surface area (Å²) in [5.41, 5.74) is 0.352. The molecule has 2 rings (SSSR count). The number of carbonyl (C=O) groups excluding carboxylic acids is 3. The molecular weight excluding hydrogens is 468 g/mol. The molecule has 0 radical (unpaired) electrons. The summed E-state index contributed by atoms with van der Waals surface area (Å²) in [6, 6.07) is 14.6. The summed E-state index contributed by atoms with van der Waals surface area (Å²) in [5, 5.41) is 24.7. The van der Waals surface area contributed by atoms with Gasteiger partial charge in [0.15, 0.2) is 0 Å². The molecule has 0 aliphatic carbocycles. The van der Waals surface area contributed by atoms with Gasteiger partial charge >= 0.3 is 6.09 Å². The summed E-state index contributed by atoms with van der Waals surface area (Å²) in [6.07, 6.45) is -0.829. The van der Waals surface area contributed by atoms with E-state index in [2.05, 4.69) is 23.3 Å². The quantitative estimate of drug-likeness (QED) is 0.311. The topological polar surface area (TPSA) is 132 Å². The summed E-state index contributed by atoms with van der Waals surface area (Å²) in [6.45, 7) is 4.79. The number of phenols is 1. The number of aromatic hydroxyl groups is 1. The lowest BCUT2D eigenvalue weighted by molar-refractivity contribution is -0.141. The summed E-state index contributed by atoms with van der Waals surface area (Å²) in [7, 11) is 0. The Morgan fingerprint density at radius 1 is 1.14 bits per heavy atom. The smallest absolute Gasteiger partial charge is 0.408 e. The van der Waals surface area contributed by atoms with Gasteiger partial charge in [0.05, 0.1) is 6.07 Å². The predicted molar refractivity (Wildman–Crippen MR) is 133 cm³/mol. The molecule has 0 fully saturated rings. The maximum absolute atomic E-state index is 13.5. The van der Waals surface area contributed by atoms with Crippen molar-refractivity contribution in [2.24, 2.45) is 0 Å². The van der Waals surface area contributed by atoms with Gasteiger partial charge in [-0.2, -0.15) is 17.9 Å². The third-order valence-electron chi connectivity index (χ3n) is 4.75. The van der Waals surface area contributed by atoms with Crippen LogP contribution in [0.1, 0.15) is 37.9 Å². The van der Waals surface area contributed by atoms with Crippen molar-refractivity contribution in [3.05, 3.63) is 65.7 Å². The Morgan fingerprint density at radius 2 is 1.83 bits per heavy atom. The zero-order chi connectivity index (χ0) is 26.0. The highest BCUT2D eigenvalue weighted by atomic mass is 32.1. The second-order valence-corrected chi connectivity index (χ2v) is 9.07. The highest BCUT2D eigenvalue weighted by Crippen LogP contribution is 2.25. The Bertz CT molecular complexity index is 1070. The molecule has 0 heterocycles. The van der Waals surface area contributed by atoms with Gasteiger partial charge in [-0.05, 0) is 44.0 Å². The minimum atomic E-state index is -1.25. The van der Waals surface area contributed by atoms with Crippen molar-refractivity contribution in [3.63, 3.8) is 0 Å². The predicted octanol–water partition coefficient (Wildman–Crippen LogP) is 2.92. The van der Waals surface area contributed by atoms with Crippen LogP contribution in [-0.2, 0) is 20.9 Å². The van der Waals surface area contributed by atoms with Crippen LogP contribution in [0, 0.1) is 11.3 Å². The second kappa shape index (κ2) is 12.7. The van der Waals surface area contributed by atoms with E-state index in [4.69, 9.17) is 4.74 Å². The molecule has 0 saturated carbocycles. The molecular formula is C25H30N4O5S. The zero-order valence-corrected chi connectivity index (χ0v) is 20.8. The van der Waals surface area contributed by atoms with Crippen molar-refractivity contribution >= 4 is 30.5 Å².